The molecule has 0 spiro atoms. The first-order valence-electron chi connectivity index (χ1n) is 14.7. The summed E-state index contributed by atoms with van der Waals surface area (Å²) >= 11 is 0. The molecule has 4 atom stereocenters. The highest BCUT2D eigenvalue weighted by Gasteiger charge is 2.49. The maximum Gasteiger partial charge on any atom is 0.319 e. The third-order valence-corrected chi connectivity index (χ3v) is 9.76. The van der Waals surface area contributed by atoms with Crippen molar-refractivity contribution < 1.29 is 18.6 Å². The Labute approximate surface area is 237 Å². The van der Waals surface area contributed by atoms with E-state index in [9.17, 15) is 9.50 Å². The molecule has 0 saturated carbocycles. The Hall–Kier alpha value is -3.56. The van der Waals surface area contributed by atoms with Gasteiger partial charge in [-0.15, -0.1) is 0 Å². The number of ether oxygens (including phenoxy) is 1. The second-order valence-corrected chi connectivity index (χ2v) is 12.2. The normalized spacial score (nSPS) is 27.7. The van der Waals surface area contributed by atoms with Gasteiger partial charge in [-0.3, -0.25) is 4.90 Å². The average molecular weight is 558 g/mol. The van der Waals surface area contributed by atoms with Crippen LogP contribution in [0.25, 0.3) is 32.8 Å². The zero-order valence-electron chi connectivity index (χ0n) is 22.8. The Bertz CT molecular complexity index is 1650. The highest BCUT2D eigenvalue weighted by Crippen LogP contribution is 2.43. The van der Waals surface area contributed by atoms with Crippen LogP contribution >= 0.6 is 0 Å². The van der Waals surface area contributed by atoms with Gasteiger partial charge in [0.1, 0.15) is 29.9 Å². The highest BCUT2D eigenvalue weighted by molar-refractivity contribution is 6.01. The molecule has 0 unspecified atom stereocenters. The Morgan fingerprint density at radius 1 is 1.02 bits per heavy atom. The van der Waals surface area contributed by atoms with Gasteiger partial charge in [0.15, 0.2) is 5.82 Å². The van der Waals surface area contributed by atoms with Crippen LogP contribution in [0, 0.1) is 5.82 Å². The van der Waals surface area contributed by atoms with Crippen molar-refractivity contribution in [2.75, 3.05) is 37.7 Å². The van der Waals surface area contributed by atoms with Crippen LogP contribution in [-0.4, -0.2) is 76.6 Å². The summed E-state index contributed by atoms with van der Waals surface area (Å²) < 4.78 is 37.3. The van der Waals surface area contributed by atoms with Crippen molar-refractivity contribution in [3.05, 3.63) is 54.3 Å². The van der Waals surface area contributed by atoms with Gasteiger partial charge < -0.3 is 20.1 Å². The quantitative estimate of drug-likeness (QED) is 0.350. The van der Waals surface area contributed by atoms with Gasteiger partial charge in [0.05, 0.1) is 5.54 Å². The monoisotopic (exact) mass is 557 g/mol. The number of nitrogens with zero attached hydrogens (tertiary/aromatic N) is 4. The van der Waals surface area contributed by atoms with E-state index in [1.54, 1.807) is 18.2 Å². The number of nitrogens with one attached hydrogen (secondary N) is 1. The number of halogens is 2. The lowest BCUT2D eigenvalue weighted by atomic mass is 9.95. The van der Waals surface area contributed by atoms with Crippen molar-refractivity contribution in [2.45, 2.75) is 55.9 Å². The van der Waals surface area contributed by atoms with Crippen LogP contribution in [0.1, 0.15) is 32.1 Å². The minimum Gasteiger partial charge on any atom is -0.508 e. The van der Waals surface area contributed by atoms with Crippen molar-refractivity contribution in [1.29, 1.82) is 0 Å². The lowest BCUT2D eigenvalue weighted by Gasteiger charge is -2.37. The lowest BCUT2D eigenvalue weighted by Crippen LogP contribution is -2.52. The summed E-state index contributed by atoms with van der Waals surface area (Å²) in [7, 11) is 0. The van der Waals surface area contributed by atoms with Gasteiger partial charge >= 0.3 is 6.01 Å². The van der Waals surface area contributed by atoms with Crippen LogP contribution in [-0.2, 0) is 0 Å². The van der Waals surface area contributed by atoms with Crippen molar-refractivity contribution in [2.24, 2.45) is 0 Å². The molecule has 9 heteroatoms. The smallest absolute Gasteiger partial charge is 0.319 e. The SMILES string of the molecule is Oc1cc(-c2ccc3c(N4[C@@H]5CC[C@H]4CNC5)nc(OC[C@@]45CCCN4C[C@H](F)C5)nc3c2F)c2ccccc2c1. The summed E-state index contributed by atoms with van der Waals surface area (Å²) in [5, 5.41) is 16.3. The summed E-state index contributed by atoms with van der Waals surface area (Å²) in [5.41, 5.74) is 0.807. The third-order valence-electron chi connectivity index (χ3n) is 9.76. The first kappa shape index (κ1) is 25.2. The van der Waals surface area contributed by atoms with Crippen LogP contribution < -0.4 is 15.0 Å². The lowest BCUT2D eigenvalue weighted by molar-refractivity contribution is 0.107. The van der Waals surface area contributed by atoms with Crippen molar-refractivity contribution >= 4 is 27.5 Å². The topological polar surface area (TPSA) is 73.8 Å². The number of fused-ring (bicyclic) bond motifs is 5. The van der Waals surface area contributed by atoms with Gasteiger partial charge in [-0.2, -0.15) is 9.97 Å². The molecule has 2 N–H and O–H groups in total. The second kappa shape index (κ2) is 9.49. The Kier molecular flexibility index (Phi) is 5.83. The van der Waals surface area contributed by atoms with Gasteiger partial charge in [0.2, 0.25) is 0 Å². The first-order valence-corrected chi connectivity index (χ1v) is 14.7. The number of benzene rings is 3. The molecule has 41 heavy (non-hydrogen) atoms. The number of aromatic nitrogens is 2. The fourth-order valence-corrected chi connectivity index (χ4v) is 7.88. The van der Waals surface area contributed by atoms with E-state index in [4.69, 9.17) is 9.72 Å². The van der Waals surface area contributed by atoms with Crippen LogP contribution in [0.2, 0.25) is 0 Å². The molecule has 8 rings (SSSR count). The van der Waals surface area contributed by atoms with E-state index in [-0.39, 0.29) is 41.5 Å². The summed E-state index contributed by atoms with van der Waals surface area (Å²) in [6.45, 7) is 3.29. The number of alkyl halides is 1. The van der Waals surface area contributed by atoms with Gasteiger partial charge in [-0.1, -0.05) is 30.3 Å². The largest absolute Gasteiger partial charge is 0.508 e. The number of hydrogen-bond acceptors (Lipinski definition) is 7. The predicted octanol–water partition coefficient (Wildman–Crippen LogP) is 5.19. The van der Waals surface area contributed by atoms with E-state index in [2.05, 4.69) is 20.1 Å². The average Bonchev–Trinajstić information content (AvgIpc) is 3.58. The molecular formula is C32H33F2N5O2. The van der Waals surface area contributed by atoms with Crippen LogP contribution in [0.5, 0.6) is 11.8 Å². The van der Waals surface area contributed by atoms with Crippen molar-refractivity contribution in [3.8, 4) is 22.9 Å². The molecule has 0 radical (unpaired) electrons. The molecule has 3 aromatic carbocycles. The first-order chi connectivity index (χ1) is 20.0. The van der Waals surface area contributed by atoms with Gasteiger partial charge in [-0.05, 0) is 66.8 Å². The number of phenols is 1. The van der Waals surface area contributed by atoms with Gasteiger partial charge in [0, 0.05) is 49.1 Å². The molecule has 4 aromatic rings. The zero-order chi connectivity index (χ0) is 27.7. The number of phenolic OH excluding ortho intramolecular Hbond substituents is 1. The molecule has 4 aliphatic rings. The van der Waals surface area contributed by atoms with E-state index in [1.807, 2.05) is 30.3 Å². The maximum atomic E-state index is 16.6. The number of rotatable bonds is 5. The fourth-order valence-electron chi connectivity index (χ4n) is 7.88. The second-order valence-electron chi connectivity index (χ2n) is 12.2. The zero-order valence-corrected chi connectivity index (χ0v) is 22.8. The molecule has 0 aliphatic carbocycles. The fraction of sp³-hybridized carbons (Fsp3) is 0.438. The van der Waals surface area contributed by atoms with Crippen LogP contribution in [0.3, 0.4) is 0 Å². The van der Waals surface area contributed by atoms with Crippen molar-refractivity contribution in [1.82, 2.24) is 20.2 Å². The van der Waals surface area contributed by atoms with E-state index in [1.165, 1.54) is 0 Å². The summed E-state index contributed by atoms with van der Waals surface area (Å²) in [4.78, 5) is 14.1. The van der Waals surface area contributed by atoms with E-state index in [0.29, 0.717) is 35.3 Å². The Balaban J connectivity index is 1.26. The standard InChI is InChI=1S/C32H33F2N5O2/c33-20-14-32(10-3-11-38(32)17-20)18-41-31-36-29-26(30(37-31)39-21-6-7-22(39)16-35-15-21)9-8-25(28(29)34)27-13-23(40)12-19-4-1-2-5-24(19)27/h1-2,4-5,8-9,12-13,20-22,35,40H,3,6-7,10-11,14-18H2/t20-,21-,22+,32+/m1/s1. The molecule has 4 aliphatic heterocycles. The minimum atomic E-state index is -0.861. The summed E-state index contributed by atoms with van der Waals surface area (Å²) in [6.07, 6.45) is 3.56. The van der Waals surface area contributed by atoms with Crippen molar-refractivity contribution in [3.63, 3.8) is 0 Å². The molecule has 1 aromatic heterocycles. The molecular weight excluding hydrogens is 524 g/mol. The minimum absolute atomic E-state index is 0.0751. The number of aromatic hydroxyl groups is 1. The summed E-state index contributed by atoms with van der Waals surface area (Å²) in [5.74, 6) is 0.298. The molecule has 2 bridgehead atoms. The number of piperazine rings is 1. The molecule has 212 valence electrons. The molecule has 0 amide bonds. The summed E-state index contributed by atoms with van der Waals surface area (Å²) in [6, 6.07) is 15.3. The molecule has 4 fully saturated rings. The van der Waals surface area contributed by atoms with Gasteiger partial charge in [0.25, 0.3) is 0 Å². The Morgan fingerprint density at radius 3 is 2.71 bits per heavy atom. The van der Waals surface area contributed by atoms with Gasteiger partial charge in [-0.25, -0.2) is 8.78 Å². The van der Waals surface area contributed by atoms with Crippen LogP contribution in [0.15, 0.2) is 48.5 Å². The molecule has 7 nitrogen and oxygen atoms in total. The number of hydrogen-bond donors (Lipinski definition) is 2. The maximum absolute atomic E-state index is 16.6. The third kappa shape index (κ3) is 4.04. The van der Waals surface area contributed by atoms with E-state index < -0.39 is 12.0 Å². The van der Waals surface area contributed by atoms with E-state index in [0.717, 1.165) is 56.1 Å². The molecule has 5 heterocycles. The van der Waals surface area contributed by atoms with Crippen LogP contribution in [0.4, 0.5) is 14.6 Å². The number of anilines is 1. The Morgan fingerprint density at radius 2 is 1.85 bits per heavy atom. The highest BCUT2D eigenvalue weighted by atomic mass is 19.1. The predicted molar refractivity (Wildman–Crippen MR) is 155 cm³/mol. The molecule has 4 saturated heterocycles. The van der Waals surface area contributed by atoms with E-state index >= 15 is 4.39 Å².